The van der Waals surface area contributed by atoms with E-state index in [0.29, 0.717) is 17.5 Å². The molecule has 1 saturated heterocycles. The Morgan fingerprint density at radius 2 is 1.92 bits per heavy atom. The number of hydrogen-bond donors (Lipinski definition) is 2. The molecule has 1 aromatic heterocycles. The van der Waals surface area contributed by atoms with Gasteiger partial charge in [-0.25, -0.2) is 18.1 Å². The fourth-order valence-corrected chi connectivity index (χ4v) is 4.15. The zero-order chi connectivity index (χ0) is 18.6. The Balaban J connectivity index is 1.56. The lowest BCUT2D eigenvalue weighted by Gasteiger charge is -2.17. The highest BCUT2D eigenvalue weighted by atomic mass is 35.5. The first kappa shape index (κ1) is 18.9. The maximum Gasteiger partial charge on any atom is 0.240 e. The molecule has 0 spiro atoms. The van der Waals surface area contributed by atoms with Gasteiger partial charge in [0.1, 0.15) is 5.82 Å². The molecule has 2 heterocycles. The Morgan fingerprint density at radius 3 is 2.65 bits per heavy atom. The molecule has 7 nitrogen and oxygen atoms in total. The highest BCUT2D eigenvalue weighted by Crippen LogP contribution is 2.19. The molecule has 26 heavy (non-hydrogen) atoms. The van der Waals surface area contributed by atoms with Crippen LogP contribution >= 0.6 is 11.6 Å². The predicted molar refractivity (Wildman–Crippen MR) is 103 cm³/mol. The smallest absolute Gasteiger partial charge is 0.240 e. The molecular formula is C17H22ClN5O2S. The van der Waals surface area contributed by atoms with Crippen molar-refractivity contribution in [2.75, 3.05) is 36.4 Å². The molecule has 1 aromatic carbocycles. The average molecular weight is 396 g/mol. The quantitative estimate of drug-likeness (QED) is 0.700. The minimum atomic E-state index is -3.59. The largest absolute Gasteiger partial charge is 0.356 e. The van der Waals surface area contributed by atoms with E-state index in [1.165, 1.54) is 25.0 Å². The molecule has 1 aliphatic heterocycles. The van der Waals surface area contributed by atoms with Crippen molar-refractivity contribution >= 4 is 33.4 Å². The van der Waals surface area contributed by atoms with Crippen molar-refractivity contribution in [2.24, 2.45) is 0 Å². The first-order valence-corrected chi connectivity index (χ1v) is 10.4. The van der Waals surface area contributed by atoms with E-state index in [0.717, 1.165) is 24.6 Å². The summed E-state index contributed by atoms with van der Waals surface area (Å²) in [6.45, 7) is 4.53. The number of halogens is 1. The van der Waals surface area contributed by atoms with Crippen LogP contribution in [0.25, 0.3) is 0 Å². The number of nitrogens with zero attached hydrogens (tertiary/aromatic N) is 3. The molecule has 3 rings (SSSR count). The van der Waals surface area contributed by atoms with E-state index in [-0.39, 0.29) is 11.4 Å². The number of nitrogens with one attached hydrogen (secondary N) is 2. The Kier molecular flexibility index (Phi) is 5.95. The second-order valence-electron chi connectivity index (χ2n) is 6.17. The first-order valence-electron chi connectivity index (χ1n) is 8.54. The number of aryl methyl sites for hydroxylation is 1. The zero-order valence-electron chi connectivity index (χ0n) is 14.6. The van der Waals surface area contributed by atoms with Gasteiger partial charge >= 0.3 is 0 Å². The van der Waals surface area contributed by atoms with Gasteiger partial charge in [-0.15, -0.1) is 0 Å². The van der Waals surface area contributed by atoms with Gasteiger partial charge in [0, 0.05) is 43.0 Å². The fraction of sp³-hybridized carbons (Fsp3) is 0.412. The third kappa shape index (κ3) is 4.84. The Labute approximate surface area is 158 Å². The van der Waals surface area contributed by atoms with Crippen LogP contribution in [0.3, 0.4) is 0 Å². The third-order valence-corrected chi connectivity index (χ3v) is 5.77. The zero-order valence-corrected chi connectivity index (χ0v) is 16.1. The van der Waals surface area contributed by atoms with E-state index in [1.54, 1.807) is 12.1 Å². The van der Waals surface area contributed by atoms with Crippen LogP contribution in [0.15, 0.2) is 35.2 Å². The summed E-state index contributed by atoms with van der Waals surface area (Å²) in [5, 5.41) is 3.47. The van der Waals surface area contributed by atoms with Crippen LogP contribution in [0.1, 0.15) is 18.5 Å². The van der Waals surface area contributed by atoms with Gasteiger partial charge in [-0.05, 0) is 38.0 Å². The molecule has 2 aromatic rings. The van der Waals surface area contributed by atoms with Crippen LogP contribution in [0.4, 0.5) is 11.8 Å². The van der Waals surface area contributed by atoms with Crippen LogP contribution in [0.5, 0.6) is 0 Å². The van der Waals surface area contributed by atoms with Crippen LogP contribution in [-0.2, 0) is 10.0 Å². The van der Waals surface area contributed by atoms with Crippen molar-refractivity contribution < 1.29 is 8.42 Å². The van der Waals surface area contributed by atoms with Gasteiger partial charge in [-0.2, -0.15) is 4.98 Å². The standard InChI is InChI=1S/C17H22ClN5O2S/c1-13-11-16(23-9-2-3-10-23)22-17(21-13)19-7-8-20-26(24,25)15-6-4-5-14(18)12-15/h4-6,11-12,20H,2-3,7-10H2,1H3,(H,19,21,22). The van der Waals surface area contributed by atoms with Crippen molar-refractivity contribution in [3.8, 4) is 0 Å². The van der Waals surface area contributed by atoms with Crippen LogP contribution in [-0.4, -0.2) is 44.6 Å². The van der Waals surface area contributed by atoms with Gasteiger partial charge in [0.15, 0.2) is 0 Å². The summed E-state index contributed by atoms with van der Waals surface area (Å²) in [4.78, 5) is 11.3. The highest BCUT2D eigenvalue weighted by molar-refractivity contribution is 7.89. The van der Waals surface area contributed by atoms with Crippen molar-refractivity contribution in [3.63, 3.8) is 0 Å². The Bertz CT molecular complexity index is 869. The second kappa shape index (κ2) is 8.20. The first-order chi connectivity index (χ1) is 12.4. The fourth-order valence-electron chi connectivity index (χ4n) is 2.82. The van der Waals surface area contributed by atoms with Gasteiger partial charge in [0.2, 0.25) is 16.0 Å². The van der Waals surface area contributed by atoms with Crippen molar-refractivity contribution in [1.82, 2.24) is 14.7 Å². The number of benzene rings is 1. The maximum absolute atomic E-state index is 12.2. The number of rotatable bonds is 7. The minimum absolute atomic E-state index is 0.146. The lowest BCUT2D eigenvalue weighted by atomic mass is 10.4. The molecule has 0 saturated carbocycles. The summed E-state index contributed by atoms with van der Waals surface area (Å²) in [6, 6.07) is 8.14. The van der Waals surface area contributed by atoms with E-state index in [9.17, 15) is 8.42 Å². The van der Waals surface area contributed by atoms with Crippen LogP contribution < -0.4 is 14.9 Å². The Morgan fingerprint density at radius 1 is 1.15 bits per heavy atom. The molecular weight excluding hydrogens is 374 g/mol. The maximum atomic E-state index is 12.2. The second-order valence-corrected chi connectivity index (χ2v) is 8.37. The molecule has 0 atom stereocenters. The molecule has 9 heteroatoms. The monoisotopic (exact) mass is 395 g/mol. The molecule has 1 fully saturated rings. The Hall–Kier alpha value is -1.90. The van der Waals surface area contributed by atoms with E-state index < -0.39 is 10.0 Å². The summed E-state index contributed by atoms with van der Waals surface area (Å²) in [6.07, 6.45) is 2.36. The number of aromatic nitrogens is 2. The summed E-state index contributed by atoms with van der Waals surface area (Å²) in [5.41, 5.74) is 0.879. The van der Waals surface area contributed by atoms with E-state index in [4.69, 9.17) is 11.6 Å². The van der Waals surface area contributed by atoms with Crippen LogP contribution in [0.2, 0.25) is 5.02 Å². The van der Waals surface area contributed by atoms with Gasteiger partial charge in [-0.3, -0.25) is 0 Å². The third-order valence-electron chi connectivity index (χ3n) is 4.08. The minimum Gasteiger partial charge on any atom is -0.356 e. The van der Waals surface area contributed by atoms with E-state index >= 15 is 0 Å². The lowest BCUT2D eigenvalue weighted by molar-refractivity contribution is 0.583. The van der Waals surface area contributed by atoms with Gasteiger partial charge in [0.25, 0.3) is 0 Å². The van der Waals surface area contributed by atoms with Gasteiger partial charge in [-0.1, -0.05) is 17.7 Å². The molecule has 140 valence electrons. The van der Waals surface area contributed by atoms with Gasteiger partial charge in [0.05, 0.1) is 4.90 Å². The topological polar surface area (TPSA) is 87.2 Å². The summed E-state index contributed by atoms with van der Waals surface area (Å²) in [5.74, 6) is 1.42. The molecule has 0 amide bonds. The van der Waals surface area contributed by atoms with Crippen molar-refractivity contribution in [1.29, 1.82) is 0 Å². The van der Waals surface area contributed by atoms with E-state index in [1.807, 2.05) is 13.0 Å². The van der Waals surface area contributed by atoms with Gasteiger partial charge < -0.3 is 10.2 Å². The van der Waals surface area contributed by atoms with Crippen LogP contribution in [0, 0.1) is 6.92 Å². The molecule has 1 aliphatic rings. The molecule has 2 N–H and O–H groups in total. The molecule has 0 bridgehead atoms. The van der Waals surface area contributed by atoms with Crippen molar-refractivity contribution in [3.05, 3.63) is 41.0 Å². The average Bonchev–Trinajstić information content (AvgIpc) is 3.13. The summed E-state index contributed by atoms with van der Waals surface area (Å²) >= 11 is 5.85. The number of hydrogen-bond acceptors (Lipinski definition) is 6. The summed E-state index contributed by atoms with van der Waals surface area (Å²) in [7, 11) is -3.59. The highest BCUT2D eigenvalue weighted by Gasteiger charge is 2.16. The number of anilines is 2. The van der Waals surface area contributed by atoms with E-state index in [2.05, 4.69) is 24.9 Å². The molecule has 0 aliphatic carbocycles. The molecule has 0 unspecified atom stereocenters. The normalized spacial score (nSPS) is 14.6. The SMILES string of the molecule is Cc1cc(N2CCCC2)nc(NCCNS(=O)(=O)c2cccc(Cl)c2)n1. The number of sulfonamides is 1. The predicted octanol–water partition coefficient (Wildman–Crippen LogP) is 2.43. The molecule has 0 radical (unpaired) electrons. The lowest BCUT2D eigenvalue weighted by Crippen LogP contribution is -2.29. The summed E-state index contributed by atoms with van der Waals surface area (Å²) < 4.78 is 27.0. The van der Waals surface area contributed by atoms with Crippen molar-refractivity contribution in [2.45, 2.75) is 24.7 Å².